The highest BCUT2D eigenvalue weighted by Crippen LogP contribution is 2.01. The van der Waals surface area contributed by atoms with Crippen LogP contribution in [0, 0.1) is 0 Å². The molecule has 0 aliphatic heterocycles. The van der Waals surface area contributed by atoms with Gasteiger partial charge in [0.2, 0.25) is 0 Å². The third-order valence-electron chi connectivity index (χ3n) is 0.887. The lowest BCUT2D eigenvalue weighted by Crippen LogP contribution is -2.04. The summed E-state index contributed by atoms with van der Waals surface area (Å²) in [6.07, 6.45) is 0. The van der Waals surface area contributed by atoms with E-state index in [2.05, 4.69) is 13.2 Å². The van der Waals surface area contributed by atoms with Gasteiger partial charge in [0.15, 0.2) is 0 Å². The van der Waals surface area contributed by atoms with Crippen molar-refractivity contribution in [1.29, 1.82) is 0 Å². The van der Waals surface area contributed by atoms with Gasteiger partial charge in [0.05, 0.1) is 7.11 Å². The van der Waals surface area contributed by atoms with E-state index in [-0.39, 0.29) is 0 Å². The standard InChI is InChI=1S/C6H11NO/c1-5(4-7)6(2)8-3/h1-2,4,7H2,3H3. The van der Waals surface area contributed by atoms with Gasteiger partial charge in [-0.3, -0.25) is 0 Å². The summed E-state index contributed by atoms with van der Waals surface area (Å²) < 4.78 is 4.73. The average Bonchev–Trinajstić information content (AvgIpc) is 1.84. The summed E-state index contributed by atoms with van der Waals surface area (Å²) in [4.78, 5) is 0. The third-order valence-corrected chi connectivity index (χ3v) is 0.887. The van der Waals surface area contributed by atoms with E-state index in [1.807, 2.05) is 0 Å². The van der Waals surface area contributed by atoms with E-state index in [1.165, 1.54) is 0 Å². The molecule has 2 nitrogen and oxygen atoms in total. The Balaban J connectivity index is 3.64. The zero-order valence-electron chi connectivity index (χ0n) is 5.11. The van der Waals surface area contributed by atoms with E-state index in [1.54, 1.807) is 7.11 Å². The molecule has 0 bridgehead atoms. The molecule has 0 aromatic heterocycles. The molecule has 0 unspecified atom stereocenters. The molecule has 0 radical (unpaired) electrons. The molecule has 0 atom stereocenters. The second kappa shape index (κ2) is 3.27. The fourth-order valence-electron chi connectivity index (χ4n) is 0.258. The minimum absolute atomic E-state index is 0.409. The van der Waals surface area contributed by atoms with Gasteiger partial charge in [0.25, 0.3) is 0 Å². The van der Waals surface area contributed by atoms with E-state index in [9.17, 15) is 0 Å². The predicted octanol–water partition coefficient (Wildman–Crippen LogP) is 0.661. The molecule has 0 amide bonds. The highest BCUT2D eigenvalue weighted by Gasteiger charge is 1.92. The van der Waals surface area contributed by atoms with Crippen LogP contribution in [0.15, 0.2) is 24.5 Å². The topological polar surface area (TPSA) is 35.2 Å². The van der Waals surface area contributed by atoms with E-state index < -0.39 is 0 Å². The first-order valence-corrected chi connectivity index (χ1v) is 2.33. The molecule has 0 aromatic rings. The summed E-state index contributed by atoms with van der Waals surface area (Å²) in [7, 11) is 1.54. The van der Waals surface area contributed by atoms with Crippen LogP contribution in [0.25, 0.3) is 0 Å². The summed E-state index contributed by atoms with van der Waals surface area (Å²) in [5, 5.41) is 0. The molecule has 8 heavy (non-hydrogen) atoms. The zero-order valence-corrected chi connectivity index (χ0v) is 5.11. The molecule has 0 saturated carbocycles. The minimum Gasteiger partial charge on any atom is -0.497 e. The molecule has 2 heteroatoms. The molecule has 0 spiro atoms. The SMILES string of the molecule is C=C(CN)C(=C)OC. The lowest BCUT2D eigenvalue weighted by Gasteiger charge is -2.02. The van der Waals surface area contributed by atoms with Gasteiger partial charge in [-0.15, -0.1) is 0 Å². The number of hydrogen-bond acceptors (Lipinski definition) is 2. The molecule has 0 aromatic carbocycles. The average molecular weight is 113 g/mol. The maximum absolute atomic E-state index is 5.21. The summed E-state index contributed by atoms with van der Waals surface area (Å²) in [5.41, 5.74) is 5.95. The molecular weight excluding hydrogens is 102 g/mol. The highest BCUT2D eigenvalue weighted by molar-refractivity contribution is 5.19. The van der Waals surface area contributed by atoms with Gasteiger partial charge in [0, 0.05) is 6.54 Å². The van der Waals surface area contributed by atoms with Crippen LogP contribution >= 0.6 is 0 Å². The van der Waals surface area contributed by atoms with Crippen molar-refractivity contribution in [2.24, 2.45) is 5.73 Å². The number of nitrogens with two attached hydrogens (primary N) is 1. The first kappa shape index (κ1) is 7.24. The predicted molar refractivity (Wildman–Crippen MR) is 34.3 cm³/mol. The van der Waals surface area contributed by atoms with Crippen molar-refractivity contribution < 1.29 is 4.74 Å². The second-order valence-corrected chi connectivity index (χ2v) is 1.43. The van der Waals surface area contributed by atoms with Crippen LogP contribution in [0.4, 0.5) is 0 Å². The van der Waals surface area contributed by atoms with Crippen molar-refractivity contribution in [3.63, 3.8) is 0 Å². The molecule has 0 heterocycles. The van der Waals surface area contributed by atoms with E-state index >= 15 is 0 Å². The largest absolute Gasteiger partial charge is 0.497 e. The van der Waals surface area contributed by atoms with Crippen LogP contribution in [-0.2, 0) is 4.74 Å². The Hall–Kier alpha value is -0.760. The van der Waals surface area contributed by atoms with E-state index in [0.29, 0.717) is 12.3 Å². The van der Waals surface area contributed by atoms with Crippen LogP contribution in [0.2, 0.25) is 0 Å². The van der Waals surface area contributed by atoms with Crippen LogP contribution in [0.3, 0.4) is 0 Å². The van der Waals surface area contributed by atoms with Gasteiger partial charge in [-0.25, -0.2) is 0 Å². The second-order valence-electron chi connectivity index (χ2n) is 1.43. The molecule has 2 N–H and O–H groups in total. The summed E-state index contributed by atoms with van der Waals surface area (Å²) in [5.74, 6) is 0.563. The Morgan fingerprint density at radius 1 is 1.62 bits per heavy atom. The lowest BCUT2D eigenvalue weighted by atomic mass is 10.3. The van der Waals surface area contributed by atoms with Crippen molar-refractivity contribution >= 4 is 0 Å². The highest BCUT2D eigenvalue weighted by atomic mass is 16.5. The monoisotopic (exact) mass is 113 g/mol. The molecule has 0 saturated heterocycles. The summed E-state index contributed by atoms with van der Waals surface area (Å²) >= 11 is 0. The molecule has 0 rings (SSSR count). The van der Waals surface area contributed by atoms with Gasteiger partial charge < -0.3 is 10.5 Å². The molecule has 0 aliphatic carbocycles. The van der Waals surface area contributed by atoms with Crippen LogP contribution in [0.1, 0.15) is 0 Å². The summed E-state index contributed by atoms with van der Waals surface area (Å²) in [6.45, 7) is 7.55. The fourth-order valence-corrected chi connectivity index (χ4v) is 0.258. The Labute approximate surface area is 49.6 Å². The van der Waals surface area contributed by atoms with Crippen molar-refractivity contribution in [3.05, 3.63) is 24.5 Å². The third kappa shape index (κ3) is 1.80. The zero-order chi connectivity index (χ0) is 6.57. The minimum atomic E-state index is 0.409. The lowest BCUT2D eigenvalue weighted by molar-refractivity contribution is 0.302. The Kier molecular flexibility index (Phi) is 2.96. The van der Waals surface area contributed by atoms with Crippen LogP contribution < -0.4 is 5.73 Å². The maximum Gasteiger partial charge on any atom is 0.115 e. The number of hydrogen-bond donors (Lipinski definition) is 1. The van der Waals surface area contributed by atoms with E-state index in [4.69, 9.17) is 10.5 Å². The van der Waals surface area contributed by atoms with Crippen molar-refractivity contribution in [1.82, 2.24) is 0 Å². The smallest absolute Gasteiger partial charge is 0.115 e. The van der Waals surface area contributed by atoms with Crippen molar-refractivity contribution in [2.75, 3.05) is 13.7 Å². The van der Waals surface area contributed by atoms with E-state index in [0.717, 1.165) is 5.57 Å². The van der Waals surface area contributed by atoms with Gasteiger partial charge in [0.1, 0.15) is 5.76 Å². The molecule has 0 fully saturated rings. The maximum atomic E-state index is 5.21. The Bertz CT molecular complexity index is 93.1. The quantitative estimate of drug-likeness (QED) is 0.431. The fraction of sp³-hybridized carbons (Fsp3) is 0.333. The molecule has 0 aliphatic rings. The first-order valence-electron chi connectivity index (χ1n) is 2.33. The van der Waals surface area contributed by atoms with Gasteiger partial charge in [-0.2, -0.15) is 0 Å². The van der Waals surface area contributed by atoms with Crippen molar-refractivity contribution in [2.45, 2.75) is 0 Å². The van der Waals surface area contributed by atoms with Crippen molar-refractivity contribution in [3.8, 4) is 0 Å². The molecular formula is C6H11NO. The van der Waals surface area contributed by atoms with Crippen LogP contribution in [-0.4, -0.2) is 13.7 Å². The number of rotatable bonds is 3. The number of methoxy groups -OCH3 is 1. The Morgan fingerprint density at radius 3 is 2.25 bits per heavy atom. The number of ether oxygens (including phenoxy) is 1. The first-order chi connectivity index (χ1) is 3.72. The summed E-state index contributed by atoms with van der Waals surface area (Å²) in [6, 6.07) is 0. The van der Waals surface area contributed by atoms with Gasteiger partial charge in [-0.05, 0) is 5.57 Å². The van der Waals surface area contributed by atoms with Crippen LogP contribution in [0.5, 0.6) is 0 Å². The normalized spacial score (nSPS) is 8.25. The molecule has 46 valence electrons. The Morgan fingerprint density at radius 2 is 2.12 bits per heavy atom. The van der Waals surface area contributed by atoms with Gasteiger partial charge >= 0.3 is 0 Å². The van der Waals surface area contributed by atoms with Gasteiger partial charge in [-0.1, -0.05) is 13.2 Å².